The third-order valence-electron chi connectivity index (χ3n) is 2.32. The summed E-state index contributed by atoms with van der Waals surface area (Å²) in [5.74, 6) is 1.51. The highest BCUT2D eigenvalue weighted by atomic mass is 35.5. The molecule has 96 valence electrons. The quantitative estimate of drug-likeness (QED) is 0.652. The van der Waals surface area contributed by atoms with E-state index < -0.39 is 0 Å². The van der Waals surface area contributed by atoms with Crippen molar-refractivity contribution in [2.24, 2.45) is 0 Å². The molecule has 18 heavy (non-hydrogen) atoms. The SMILES string of the molecule is Clc1cc(Cl)c(NCCCc2ncc[nH]2)nc1Cl. The molecule has 0 spiro atoms. The Morgan fingerprint density at radius 3 is 2.78 bits per heavy atom. The van der Waals surface area contributed by atoms with Gasteiger partial charge in [0.2, 0.25) is 0 Å². The largest absolute Gasteiger partial charge is 0.369 e. The van der Waals surface area contributed by atoms with Gasteiger partial charge in [-0.15, -0.1) is 0 Å². The van der Waals surface area contributed by atoms with Crippen LogP contribution in [-0.2, 0) is 6.42 Å². The monoisotopic (exact) mass is 304 g/mol. The van der Waals surface area contributed by atoms with Gasteiger partial charge in [-0.1, -0.05) is 34.8 Å². The summed E-state index contributed by atoms with van der Waals surface area (Å²) in [5, 5.41) is 4.17. The van der Waals surface area contributed by atoms with Gasteiger partial charge in [-0.25, -0.2) is 9.97 Å². The van der Waals surface area contributed by atoms with Crippen LogP contribution in [0.1, 0.15) is 12.2 Å². The fourth-order valence-electron chi connectivity index (χ4n) is 1.47. The predicted molar refractivity (Wildman–Crippen MR) is 74.7 cm³/mol. The van der Waals surface area contributed by atoms with Gasteiger partial charge in [0.15, 0.2) is 0 Å². The fourth-order valence-corrected chi connectivity index (χ4v) is 2.03. The Labute approximate surface area is 120 Å². The van der Waals surface area contributed by atoms with Crippen LogP contribution in [0, 0.1) is 0 Å². The minimum Gasteiger partial charge on any atom is -0.369 e. The summed E-state index contributed by atoms with van der Waals surface area (Å²) in [7, 11) is 0. The molecule has 2 aromatic rings. The zero-order chi connectivity index (χ0) is 13.0. The maximum absolute atomic E-state index is 5.99. The van der Waals surface area contributed by atoms with E-state index in [9.17, 15) is 0 Å². The predicted octanol–water partition coefficient (Wildman–Crippen LogP) is 3.81. The molecule has 0 aliphatic heterocycles. The van der Waals surface area contributed by atoms with E-state index in [1.807, 2.05) is 0 Å². The van der Waals surface area contributed by atoms with E-state index in [0.717, 1.165) is 25.2 Å². The highest BCUT2D eigenvalue weighted by Crippen LogP contribution is 2.28. The molecule has 2 rings (SSSR count). The van der Waals surface area contributed by atoms with Gasteiger partial charge >= 0.3 is 0 Å². The highest BCUT2D eigenvalue weighted by Gasteiger charge is 2.07. The van der Waals surface area contributed by atoms with Crippen LogP contribution in [-0.4, -0.2) is 21.5 Å². The maximum Gasteiger partial charge on any atom is 0.150 e. The van der Waals surface area contributed by atoms with Crippen LogP contribution in [0.3, 0.4) is 0 Å². The lowest BCUT2D eigenvalue weighted by Crippen LogP contribution is -2.06. The first-order valence-corrected chi connectivity index (χ1v) is 6.54. The summed E-state index contributed by atoms with van der Waals surface area (Å²) < 4.78 is 0. The summed E-state index contributed by atoms with van der Waals surface area (Å²) in [6.45, 7) is 0.728. The number of hydrogen-bond donors (Lipinski definition) is 2. The molecule has 0 aromatic carbocycles. The molecule has 0 amide bonds. The number of hydrogen-bond acceptors (Lipinski definition) is 3. The van der Waals surface area contributed by atoms with Gasteiger partial charge in [-0.2, -0.15) is 0 Å². The Morgan fingerprint density at radius 1 is 1.22 bits per heavy atom. The molecule has 0 aliphatic rings. The minimum absolute atomic E-state index is 0.245. The number of nitrogens with zero attached hydrogens (tertiary/aromatic N) is 2. The number of aromatic nitrogens is 3. The summed E-state index contributed by atoms with van der Waals surface area (Å²) in [5.41, 5.74) is 0. The average Bonchev–Trinajstić information content (AvgIpc) is 2.84. The van der Waals surface area contributed by atoms with Gasteiger partial charge in [0, 0.05) is 25.4 Å². The van der Waals surface area contributed by atoms with Crippen molar-refractivity contribution in [2.75, 3.05) is 11.9 Å². The summed E-state index contributed by atoms with van der Waals surface area (Å²) >= 11 is 17.6. The van der Waals surface area contributed by atoms with Crippen molar-refractivity contribution in [3.8, 4) is 0 Å². The molecule has 0 radical (unpaired) electrons. The van der Waals surface area contributed by atoms with Crippen molar-refractivity contribution in [2.45, 2.75) is 12.8 Å². The molecule has 0 aliphatic carbocycles. The number of anilines is 1. The van der Waals surface area contributed by atoms with Gasteiger partial charge in [0.25, 0.3) is 0 Å². The van der Waals surface area contributed by atoms with Crippen molar-refractivity contribution < 1.29 is 0 Å². The third kappa shape index (κ3) is 3.51. The number of imidazole rings is 1. The van der Waals surface area contributed by atoms with Crippen molar-refractivity contribution in [3.63, 3.8) is 0 Å². The van der Waals surface area contributed by atoms with E-state index in [-0.39, 0.29) is 5.15 Å². The lowest BCUT2D eigenvalue weighted by molar-refractivity contribution is 0.814. The molecule has 2 heterocycles. The minimum atomic E-state index is 0.245. The molecule has 0 atom stereocenters. The van der Waals surface area contributed by atoms with Crippen LogP contribution in [0.2, 0.25) is 15.2 Å². The Kier molecular flexibility index (Phi) is 4.69. The molecule has 0 unspecified atom stereocenters. The lowest BCUT2D eigenvalue weighted by atomic mass is 10.3. The maximum atomic E-state index is 5.99. The van der Waals surface area contributed by atoms with E-state index in [4.69, 9.17) is 34.8 Å². The van der Waals surface area contributed by atoms with Gasteiger partial charge in [0.1, 0.15) is 16.8 Å². The van der Waals surface area contributed by atoms with Crippen molar-refractivity contribution in [1.82, 2.24) is 15.0 Å². The zero-order valence-electron chi connectivity index (χ0n) is 9.38. The van der Waals surface area contributed by atoms with Gasteiger partial charge in [-0.3, -0.25) is 0 Å². The number of rotatable bonds is 5. The summed E-state index contributed by atoms with van der Waals surface area (Å²) in [4.78, 5) is 11.3. The topological polar surface area (TPSA) is 53.6 Å². The summed E-state index contributed by atoms with van der Waals surface area (Å²) in [6, 6.07) is 1.58. The Balaban J connectivity index is 1.85. The molecule has 0 bridgehead atoms. The van der Waals surface area contributed by atoms with Crippen LogP contribution in [0.4, 0.5) is 5.82 Å². The first kappa shape index (κ1) is 13.5. The van der Waals surface area contributed by atoms with Crippen LogP contribution in [0.15, 0.2) is 18.5 Å². The van der Waals surface area contributed by atoms with E-state index >= 15 is 0 Å². The number of halogens is 3. The number of H-pyrrole nitrogens is 1. The number of aryl methyl sites for hydroxylation is 1. The smallest absolute Gasteiger partial charge is 0.150 e. The molecule has 7 heteroatoms. The Bertz CT molecular complexity index is 513. The number of pyridine rings is 1. The van der Waals surface area contributed by atoms with Crippen LogP contribution in [0.25, 0.3) is 0 Å². The van der Waals surface area contributed by atoms with Gasteiger partial charge in [0.05, 0.1) is 10.0 Å². The van der Waals surface area contributed by atoms with Crippen LogP contribution in [0.5, 0.6) is 0 Å². The Morgan fingerprint density at radius 2 is 2.06 bits per heavy atom. The van der Waals surface area contributed by atoms with E-state index in [0.29, 0.717) is 15.9 Å². The molecular formula is C11H11Cl3N4. The van der Waals surface area contributed by atoms with Crippen LogP contribution < -0.4 is 5.32 Å². The normalized spacial score (nSPS) is 10.6. The molecule has 2 aromatic heterocycles. The average molecular weight is 306 g/mol. The first-order chi connectivity index (χ1) is 8.66. The highest BCUT2D eigenvalue weighted by molar-refractivity contribution is 6.42. The summed E-state index contributed by atoms with van der Waals surface area (Å²) in [6.07, 6.45) is 5.31. The van der Waals surface area contributed by atoms with Crippen molar-refractivity contribution >= 4 is 40.6 Å². The van der Waals surface area contributed by atoms with E-state index in [1.165, 1.54) is 0 Å². The fraction of sp³-hybridized carbons (Fsp3) is 0.273. The van der Waals surface area contributed by atoms with Crippen molar-refractivity contribution in [3.05, 3.63) is 39.5 Å². The molecule has 0 saturated carbocycles. The van der Waals surface area contributed by atoms with Crippen molar-refractivity contribution in [1.29, 1.82) is 0 Å². The Hall–Kier alpha value is -0.970. The van der Waals surface area contributed by atoms with Crippen LogP contribution >= 0.6 is 34.8 Å². The lowest BCUT2D eigenvalue weighted by Gasteiger charge is -2.08. The number of nitrogens with one attached hydrogen (secondary N) is 2. The first-order valence-electron chi connectivity index (χ1n) is 5.40. The second-order valence-electron chi connectivity index (χ2n) is 3.66. The van der Waals surface area contributed by atoms with E-state index in [1.54, 1.807) is 18.5 Å². The van der Waals surface area contributed by atoms with Gasteiger partial charge in [-0.05, 0) is 12.5 Å². The third-order valence-corrected chi connectivity index (χ3v) is 3.29. The molecule has 0 fully saturated rings. The van der Waals surface area contributed by atoms with E-state index in [2.05, 4.69) is 20.3 Å². The molecule has 2 N–H and O–H groups in total. The molecule has 0 saturated heterocycles. The zero-order valence-corrected chi connectivity index (χ0v) is 11.6. The molecular weight excluding hydrogens is 295 g/mol. The second kappa shape index (κ2) is 6.27. The standard InChI is InChI=1S/C11H11Cl3N4/c12-7-6-8(13)11(18-10(7)14)17-3-1-2-9-15-4-5-16-9/h4-6H,1-3H2,(H,15,16)(H,17,18). The van der Waals surface area contributed by atoms with Gasteiger partial charge < -0.3 is 10.3 Å². The second-order valence-corrected chi connectivity index (χ2v) is 4.83. The molecule has 4 nitrogen and oxygen atoms in total. The number of aromatic amines is 1.